The van der Waals surface area contributed by atoms with Crippen LogP contribution < -0.4 is 11.1 Å². The second-order valence-electron chi connectivity index (χ2n) is 5.06. The van der Waals surface area contributed by atoms with Gasteiger partial charge in [0.1, 0.15) is 5.82 Å². The molecule has 1 aromatic rings. The van der Waals surface area contributed by atoms with Crippen molar-refractivity contribution in [3.8, 4) is 0 Å². The van der Waals surface area contributed by atoms with Gasteiger partial charge >= 0.3 is 0 Å². The first-order chi connectivity index (χ1) is 10.1. The molecule has 0 aromatic carbocycles. The Labute approximate surface area is 146 Å². The molecular formula is C14H21Cl2FN4O2. The van der Waals surface area contributed by atoms with Gasteiger partial charge in [0.2, 0.25) is 5.91 Å². The Bertz CT molecular complexity index is 533. The molecule has 9 heteroatoms. The highest BCUT2D eigenvalue weighted by Crippen LogP contribution is 2.18. The predicted octanol–water partition coefficient (Wildman–Crippen LogP) is 0.991. The lowest BCUT2D eigenvalue weighted by molar-refractivity contribution is -0.126. The Hall–Kier alpha value is -1.44. The van der Waals surface area contributed by atoms with E-state index in [1.165, 1.54) is 6.20 Å². The van der Waals surface area contributed by atoms with E-state index in [-0.39, 0.29) is 48.1 Å². The second kappa shape index (κ2) is 10.4. The summed E-state index contributed by atoms with van der Waals surface area (Å²) in [6, 6.07) is 1.16. The van der Waals surface area contributed by atoms with Gasteiger partial charge in [-0.2, -0.15) is 0 Å². The Morgan fingerprint density at radius 2 is 2.13 bits per heavy atom. The Morgan fingerprint density at radius 1 is 1.39 bits per heavy atom. The number of likely N-dealkylation sites (tertiary alicyclic amines) is 1. The maximum atomic E-state index is 13.1. The summed E-state index contributed by atoms with van der Waals surface area (Å²) < 4.78 is 13.1. The summed E-state index contributed by atoms with van der Waals surface area (Å²) in [6.07, 6.45) is 3.87. The molecule has 2 amide bonds. The van der Waals surface area contributed by atoms with E-state index in [2.05, 4.69) is 10.3 Å². The minimum absolute atomic E-state index is 0. The van der Waals surface area contributed by atoms with Crippen molar-refractivity contribution < 1.29 is 14.0 Å². The molecule has 1 fully saturated rings. The number of carbonyl (C=O) groups is 2. The fourth-order valence-electron chi connectivity index (χ4n) is 2.43. The Balaban J connectivity index is 0.00000242. The first-order valence-corrected chi connectivity index (χ1v) is 6.99. The van der Waals surface area contributed by atoms with Gasteiger partial charge in [-0.05, 0) is 18.9 Å². The average Bonchev–Trinajstić information content (AvgIpc) is 2.52. The molecule has 1 aliphatic heterocycles. The zero-order valence-corrected chi connectivity index (χ0v) is 14.2. The van der Waals surface area contributed by atoms with Crippen molar-refractivity contribution in [2.45, 2.75) is 12.8 Å². The quantitative estimate of drug-likeness (QED) is 0.831. The highest BCUT2D eigenvalue weighted by atomic mass is 35.5. The maximum Gasteiger partial charge on any atom is 0.255 e. The molecular weight excluding hydrogens is 346 g/mol. The monoisotopic (exact) mass is 366 g/mol. The van der Waals surface area contributed by atoms with Crippen LogP contribution >= 0.6 is 24.8 Å². The number of nitrogens with two attached hydrogens (primary N) is 1. The molecule has 130 valence electrons. The van der Waals surface area contributed by atoms with Crippen LogP contribution in [-0.4, -0.2) is 47.9 Å². The van der Waals surface area contributed by atoms with Crippen molar-refractivity contribution in [1.29, 1.82) is 0 Å². The molecule has 0 spiro atoms. The molecule has 1 unspecified atom stereocenters. The largest absolute Gasteiger partial charge is 0.355 e. The van der Waals surface area contributed by atoms with Crippen LogP contribution in [0.2, 0.25) is 0 Å². The standard InChI is InChI=1S/C14H19FN4O2.2ClH/c15-12-6-11(7-17-8-12)14(21)19-5-1-2-10(9-19)13(20)18-4-3-16;;/h6-8,10H,1-5,9,16H2,(H,18,20);2*1H. The van der Waals surface area contributed by atoms with Gasteiger partial charge in [0.15, 0.2) is 0 Å². The average molecular weight is 367 g/mol. The minimum Gasteiger partial charge on any atom is -0.355 e. The minimum atomic E-state index is -0.546. The molecule has 1 aliphatic rings. The highest BCUT2D eigenvalue weighted by molar-refractivity contribution is 5.94. The van der Waals surface area contributed by atoms with Gasteiger partial charge in [-0.3, -0.25) is 14.6 Å². The molecule has 23 heavy (non-hydrogen) atoms. The summed E-state index contributed by atoms with van der Waals surface area (Å²) in [5.41, 5.74) is 5.56. The lowest BCUT2D eigenvalue weighted by Crippen LogP contribution is -2.46. The zero-order chi connectivity index (χ0) is 15.2. The van der Waals surface area contributed by atoms with Gasteiger partial charge in [0, 0.05) is 32.4 Å². The number of hydrogen-bond donors (Lipinski definition) is 2. The number of hydrogen-bond acceptors (Lipinski definition) is 4. The number of carbonyl (C=O) groups excluding carboxylic acids is 2. The maximum absolute atomic E-state index is 13.1. The van der Waals surface area contributed by atoms with Crippen molar-refractivity contribution >= 4 is 36.6 Å². The molecule has 0 bridgehead atoms. The zero-order valence-electron chi connectivity index (χ0n) is 12.5. The van der Waals surface area contributed by atoms with Crippen LogP contribution in [0.4, 0.5) is 4.39 Å². The van der Waals surface area contributed by atoms with Crippen molar-refractivity contribution in [3.05, 3.63) is 29.8 Å². The van der Waals surface area contributed by atoms with Crippen molar-refractivity contribution in [2.24, 2.45) is 11.7 Å². The topological polar surface area (TPSA) is 88.3 Å². The van der Waals surface area contributed by atoms with Gasteiger partial charge in [-0.15, -0.1) is 24.8 Å². The fourth-order valence-corrected chi connectivity index (χ4v) is 2.43. The van der Waals surface area contributed by atoms with E-state index in [0.29, 0.717) is 26.2 Å². The molecule has 0 aliphatic carbocycles. The molecule has 3 N–H and O–H groups in total. The van der Waals surface area contributed by atoms with E-state index >= 15 is 0 Å². The SMILES string of the molecule is Cl.Cl.NCCNC(=O)C1CCCN(C(=O)c2cncc(F)c2)C1. The third kappa shape index (κ3) is 5.93. The third-order valence-corrected chi connectivity index (χ3v) is 3.47. The van der Waals surface area contributed by atoms with Crippen LogP contribution in [0.5, 0.6) is 0 Å². The van der Waals surface area contributed by atoms with E-state index in [0.717, 1.165) is 25.1 Å². The van der Waals surface area contributed by atoms with Crippen LogP contribution in [0.3, 0.4) is 0 Å². The van der Waals surface area contributed by atoms with E-state index in [4.69, 9.17) is 5.73 Å². The van der Waals surface area contributed by atoms with Crippen LogP contribution in [0.15, 0.2) is 18.5 Å². The van der Waals surface area contributed by atoms with Crippen LogP contribution in [0.1, 0.15) is 23.2 Å². The van der Waals surface area contributed by atoms with E-state index in [1.54, 1.807) is 4.90 Å². The van der Waals surface area contributed by atoms with Gasteiger partial charge in [-0.1, -0.05) is 0 Å². The number of aromatic nitrogens is 1. The summed E-state index contributed by atoms with van der Waals surface area (Å²) in [5, 5.41) is 2.74. The van der Waals surface area contributed by atoms with Crippen molar-refractivity contribution in [2.75, 3.05) is 26.2 Å². The summed E-state index contributed by atoms with van der Waals surface area (Å²) in [4.78, 5) is 29.5. The molecule has 0 radical (unpaired) electrons. The fraction of sp³-hybridized carbons (Fsp3) is 0.500. The summed E-state index contributed by atoms with van der Waals surface area (Å²) in [5.74, 6) is -1.17. The number of pyridine rings is 1. The van der Waals surface area contributed by atoms with E-state index < -0.39 is 5.82 Å². The number of rotatable bonds is 4. The molecule has 2 rings (SSSR count). The third-order valence-electron chi connectivity index (χ3n) is 3.47. The summed E-state index contributed by atoms with van der Waals surface area (Å²) >= 11 is 0. The van der Waals surface area contributed by atoms with Gasteiger partial charge < -0.3 is 16.0 Å². The normalized spacial score (nSPS) is 16.8. The number of nitrogens with one attached hydrogen (secondary N) is 1. The smallest absolute Gasteiger partial charge is 0.255 e. The lowest BCUT2D eigenvalue weighted by atomic mass is 9.96. The Morgan fingerprint density at radius 3 is 2.78 bits per heavy atom. The summed E-state index contributed by atoms with van der Waals surface area (Å²) in [7, 11) is 0. The van der Waals surface area contributed by atoms with Crippen LogP contribution in [0, 0.1) is 11.7 Å². The van der Waals surface area contributed by atoms with Gasteiger partial charge in [-0.25, -0.2) is 4.39 Å². The van der Waals surface area contributed by atoms with E-state index in [9.17, 15) is 14.0 Å². The molecule has 0 saturated carbocycles. The molecule has 1 aromatic heterocycles. The second-order valence-corrected chi connectivity index (χ2v) is 5.06. The molecule has 1 saturated heterocycles. The Kier molecular flexibility index (Phi) is 9.71. The number of halogens is 3. The lowest BCUT2D eigenvalue weighted by Gasteiger charge is -2.32. The van der Waals surface area contributed by atoms with Crippen LogP contribution in [-0.2, 0) is 4.79 Å². The molecule has 2 heterocycles. The first-order valence-electron chi connectivity index (χ1n) is 6.99. The molecule has 1 atom stereocenters. The highest BCUT2D eigenvalue weighted by Gasteiger charge is 2.28. The summed E-state index contributed by atoms with van der Waals surface area (Å²) in [6.45, 7) is 1.72. The van der Waals surface area contributed by atoms with Gasteiger partial charge in [0.25, 0.3) is 5.91 Å². The molecule has 6 nitrogen and oxygen atoms in total. The van der Waals surface area contributed by atoms with Crippen molar-refractivity contribution in [3.63, 3.8) is 0 Å². The van der Waals surface area contributed by atoms with E-state index in [1.807, 2.05) is 0 Å². The number of nitrogens with zero attached hydrogens (tertiary/aromatic N) is 2. The number of piperidine rings is 1. The predicted molar refractivity (Wildman–Crippen MR) is 89.4 cm³/mol. The first kappa shape index (κ1) is 21.6. The van der Waals surface area contributed by atoms with Gasteiger partial charge in [0.05, 0.1) is 17.7 Å². The van der Waals surface area contributed by atoms with Crippen molar-refractivity contribution in [1.82, 2.24) is 15.2 Å². The number of amides is 2. The van der Waals surface area contributed by atoms with Crippen LogP contribution in [0.25, 0.3) is 0 Å².